The Morgan fingerprint density at radius 1 is 0.422 bits per heavy atom. The largest absolute Gasteiger partial charge is 0.355 e. The van der Waals surface area contributed by atoms with E-state index in [9.17, 15) is 0 Å². The molecule has 0 bridgehead atoms. The number of hydrogen-bond donors (Lipinski definition) is 1. The summed E-state index contributed by atoms with van der Waals surface area (Å²) in [5, 5.41) is 6.42. The first kappa shape index (κ1) is 24.6. The highest BCUT2D eigenvalue weighted by molar-refractivity contribution is 6.09. The van der Waals surface area contributed by atoms with Crippen molar-refractivity contribution in [1.82, 2.24) is 4.57 Å². The Labute approximate surface area is 261 Å². The minimum Gasteiger partial charge on any atom is -0.355 e. The van der Waals surface area contributed by atoms with Gasteiger partial charge >= 0.3 is 0 Å². The molecule has 7 aromatic carbocycles. The van der Waals surface area contributed by atoms with Crippen LogP contribution in [0.4, 0.5) is 11.4 Å². The molecule has 2 heteroatoms. The molecule has 0 saturated carbocycles. The van der Waals surface area contributed by atoms with Gasteiger partial charge < -0.3 is 9.88 Å². The summed E-state index contributed by atoms with van der Waals surface area (Å²) >= 11 is 0. The quantitative estimate of drug-likeness (QED) is 0.223. The normalized spacial score (nSPS) is 13.5. The first-order valence-corrected chi connectivity index (χ1v) is 15.6. The van der Waals surface area contributed by atoms with E-state index in [4.69, 9.17) is 0 Å². The van der Waals surface area contributed by atoms with Gasteiger partial charge in [-0.05, 0) is 75.3 Å². The fraction of sp³-hybridized carbons (Fsp3) is 0.0233. The van der Waals surface area contributed by atoms with Crippen molar-refractivity contribution in [3.8, 4) is 27.9 Å². The van der Waals surface area contributed by atoms with Gasteiger partial charge in [0.05, 0.1) is 16.4 Å². The van der Waals surface area contributed by atoms with Crippen LogP contribution in [-0.2, 0) is 5.41 Å². The minimum absolute atomic E-state index is 0.346. The highest BCUT2D eigenvalue weighted by Crippen LogP contribution is 2.63. The molecule has 10 rings (SSSR count). The summed E-state index contributed by atoms with van der Waals surface area (Å²) in [4.78, 5) is 0. The number of rotatable bonds is 3. The van der Waals surface area contributed by atoms with Crippen LogP contribution in [0, 0.1) is 0 Å². The second kappa shape index (κ2) is 9.07. The van der Waals surface area contributed by atoms with Gasteiger partial charge in [0.2, 0.25) is 0 Å². The third-order valence-electron chi connectivity index (χ3n) is 9.98. The SMILES string of the molecule is c1cc(Nc2cccc3c2-c2ccccc2C32c3ccccc3-c3ccccc32)cc(-n2c3ccccc3c3ccccc32)c1. The van der Waals surface area contributed by atoms with Gasteiger partial charge in [-0.1, -0.05) is 127 Å². The highest BCUT2D eigenvalue weighted by atomic mass is 15.0. The molecule has 1 aromatic heterocycles. The molecule has 2 aliphatic carbocycles. The van der Waals surface area contributed by atoms with Crippen LogP contribution in [0.25, 0.3) is 49.7 Å². The topological polar surface area (TPSA) is 17.0 Å². The molecule has 45 heavy (non-hydrogen) atoms. The zero-order valence-corrected chi connectivity index (χ0v) is 24.5. The molecular weight excluding hydrogens is 544 g/mol. The van der Waals surface area contributed by atoms with Crippen molar-refractivity contribution >= 4 is 33.2 Å². The summed E-state index contributed by atoms with van der Waals surface area (Å²) in [6, 6.07) is 59.9. The molecule has 2 nitrogen and oxygen atoms in total. The molecule has 1 spiro atoms. The van der Waals surface area contributed by atoms with Crippen molar-refractivity contribution in [3.63, 3.8) is 0 Å². The van der Waals surface area contributed by atoms with Crippen molar-refractivity contribution in [2.75, 3.05) is 5.32 Å². The van der Waals surface area contributed by atoms with Gasteiger partial charge in [-0.15, -0.1) is 0 Å². The summed E-state index contributed by atoms with van der Waals surface area (Å²) < 4.78 is 2.38. The van der Waals surface area contributed by atoms with Crippen molar-refractivity contribution in [3.05, 3.63) is 186 Å². The number of anilines is 2. The van der Waals surface area contributed by atoms with Crippen molar-refractivity contribution in [2.24, 2.45) is 0 Å². The summed E-state index contributed by atoms with van der Waals surface area (Å²) in [6.45, 7) is 0. The number of nitrogens with one attached hydrogen (secondary N) is 1. The van der Waals surface area contributed by atoms with Crippen molar-refractivity contribution < 1.29 is 0 Å². The third-order valence-corrected chi connectivity index (χ3v) is 9.98. The maximum Gasteiger partial charge on any atom is 0.0726 e. The molecule has 8 aromatic rings. The van der Waals surface area contributed by atoms with Gasteiger partial charge in [-0.2, -0.15) is 0 Å². The smallest absolute Gasteiger partial charge is 0.0726 e. The molecule has 0 atom stereocenters. The van der Waals surface area contributed by atoms with Crippen LogP contribution < -0.4 is 5.32 Å². The van der Waals surface area contributed by atoms with E-state index in [2.05, 4.69) is 174 Å². The molecule has 0 saturated heterocycles. The third kappa shape index (κ3) is 3.18. The fourth-order valence-corrected chi connectivity index (χ4v) is 8.33. The lowest BCUT2D eigenvalue weighted by molar-refractivity contribution is 0.794. The standard InChI is InChI=1S/C43H28N2/c1-6-20-35-30(15-1)31-16-2-7-21-36(31)43(35)37-22-8-3-19-34(37)42-38(43)23-12-24-39(42)44-28-13-11-14-29(27-28)45-40-25-9-4-17-32(40)33-18-5-10-26-41(33)45/h1-27,44H. The summed E-state index contributed by atoms with van der Waals surface area (Å²) in [7, 11) is 0. The number of hydrogen-bond acceptors (Lipinski definition) is 1. The number of benzene rings is 7. The molecule has 2 aliphatic rings. The maximum atomic E-state index is 3.88. The van der Waals surface area contributed by atoms with Gasteiger partial charge in [0, 0.05) is 33.4 Å². The number of fused-ring (bicyclic) bond motifs is 13. The van der Waals surface area contributed by atoms with Gasteiger partial charge in [-0.3, -0.25) is 0 Å². The van der Waals surface area contributed by atoms with E-state index >= 15 is 0 Å². The number of para-hydroxylation sites is 2. The zero-order chi connectivity index (χ0) is 29.5. The predicted octanol–water partition coefficient (Wildman–Crippen LogP) is 10.9. The van der Waals surface area contributed by atoms with Crippen LogP contribution in [0.3, 0.4) is 0 Å². The molecule has 1 N–H and O–H groups in total. The highest BCUT2D eigenvalue weighted by Gasteiger charge is 2.51. The van der Waals surface area contributed by atoms with Crippen LogP contribution in [0.2, 0.25) is 0 Å². The van der Waals surface area contributed by atoms with Crippen molar-refractivity contribution in [2.45, 2.75) is 5.41 Å². The summed E-state index contributed by atoms with van der Waals surface area (Å²) in [6.07, 6.45) is 0. The Kier molecular flexibility index (Phi) is 4.95. The van der Waals surface area contributed by atoms with Crippen LogP contribution in [0.1, 0.15) is 22.3 Å². The predicted molar refractivity (Wildman–Crippen MR) is 187 cm³/mol. The van der Waals surface area contributed by atoms with Gasteiger partial charge in [0.15, 0.2) is 0 Å². The van der Waals surface area contributed by atoms with E-state index in [0.717, 1.165) is 17.1 Å². The Morgan fingerprint density at radius 2 is 0.933 bits per heavy atom. The summed E-state index contributed by atoms with van der Waals surface area (Å²) in [5.74, 6) is 0. The second-order valence-corrected chi connectivity index (χ2v) is 12.2. The monoisotopic (exact) mass is 572 g/mol. The Balaban J connectivity index is 1.17. The van der Waals surface area contributed by atoms with Gasteiger partial charge in [0.1, 0.15) is 0 Å². The molecule has 0 radical (unpaired) electrons. The lowest BCUT2D eigenvalue weighted by atomic mass is 9.70. The average Bonchev–Trinajstić information content (AvgIpc) is 3.71. The molecule has 0 fully saturated rings. The van der Waals surface area contributed by atoms with E-state index in [1.165, 1.54) is 66.3 Å². The first-order valence-electron chi connectivity index (χ1n) is 15.6. The second-order valence-electron chi connectivity index (χ2n) is 12.2. The number of nitrogens with zero attached hydrogens (tertiary/aromatic N) is 1. The average molecular weight is 573 g/mol. The lowest BCUT2D eigenvalue weighted by Gasteiger charge is -2.30. The Hall–Kier alpha value is -5.86. The van der Waals surface area contributed by atoms with E-state index in [1.807, 2.05) is 0 Å². The lowest BCUT2D eigenvalue weighted by Crippen LogP contribution is -2.25. The molecule has 210 valence electrons. The minimum atomic E-state index is -0.346. The van der Waals surface area contributed by atoms with Crippen LogP contribution in [-0.4, -0.2) is 4.57 Å². The fourth-order valence-electron chi connectivity index (χ4n) is 8.33. The summed E-state index contributed by atoms with van der Waals surface area (Å²) in [5.41, 5.74) is 16.1. The first-order chi connectivity index (χ1) is 22.3. The Morgan fingerprint density at radius 3 is 1.60 bits per heavy atom. The van der Waals surface area contributed by atoms with E-state index in [-0.39, 0.29) is 5.41 Å². The zero-order valence-electron chi connectivity index (χ0n) is 24.5. The molecule has 0 unspecified atom stereocenters. The van der Waals surface area contributed by atoms with Crippen LogP contribution in [0.5, 0.6) is 0 Å². The van der Waals surface area contributed by atoms with Crippen LogP contribution >= 0.6 is 0 Å². The molecule has 1 heterocycles. The molecule has 0 amide bonds. The van der Waals surface area contributed by atoms with Crippen molar-refractivity contribution in [1.29, 1.82) is 0 Å². The Bertz CT molecular complexity index is 2380. The van der Waals surface area contributed by atoms with Crippen LogP contribution in [0.15, 0.2) is 164 Å². The number of aromatic nitrogens is 1. The maximum absolute atomic E-state index is 3.88. The molecular formula is C43H28N2. The van der Waals surface area contributed by atoms with Gasteiger partial charge in [0.25, 0.3) is 0 Å². The van der Waals surface area contributed by atoms with E-state index in [1.54, 1.807) is 0 Å². The van der Waals surface area contributed by atoms with E-state index < -0.39 is 0 Å². The van der Waals surface area contributed by atoms with Gasteiger partial charge in [-0.25, -0.2) is 0 Å². The molecule has 0 aliphatic heterocycles. The van der Waals surface area contributed by atoms with E-state index in [0.29, 0.717) is 0 Å².